The van der Waals surface area contributed by atoms with E-state index < -0.39 is 0 Å². The van der Waals surface area contributed by atoms with Crippen molar-refractivity contribution < 1.29 is 9.18 Å². The number of aromatic nitrogens is 1. The number of carbonyl (C=O) groups is 1. The van der Waals surface area contributed by atoms with Crippen LogP contribution in [0.15, 0.2) is 42.6 Å². The Hall–Kier alpha value is -2.47. The third-order valence-corrected chi connectivity index (χ3v) is 2.35. The van der Waals surface area contributed by atoms with Crippen LogP contribution in [0, 0.1) is 17.7 Å². The van der Waals surface area contributed by atoms with Gasteiger partial charge in [-0.15, -0.1) is 0 Å². The molecule has 1 aromatic heterocycles. The van der Waals surface area contributed by atoms with Gasteiger partial charge in [0.2, 0.25) is 0 Å². The quantitative estimate of drug-likeness (QED) is 0.565. The summed E-state index contributed by atoms with van der Waals surface area (Å²) in [4.78, 5) is 15.1. The molecule has 0 aliphatic rings. The molecular weight excluding hydrogens is 229 g/mol. The van der Waals surface area contributed by atoms with Crippen LogP contribution in [-0.4, -0.2) is 10.8 Å². The molecule has 88 valence electrons. The van der Waals surface area contributed by atoms with Crippen molar-refractivity contribution in [2.24, 2.45) is 0 Å². The average molecular weight is 239 g/mol. The molecule has 0 saturated carbocycles. The molecule has 0 saturated heterocycles. The van der Waals surface area contributed by atoms with Crippen LogP contribution in [0.4, 0.5) is 4.39 Å². The Morgan fingerprint density at radius 2 is 1.83 bits per heavy atom. The second-order valence-electron chi connectivity index (χ2n) is 3.75. The van der Waals surface area contributed by atoms with Gasteiger partial charge in [-0.3, -0.25) is 4.79 Å². The van der Waals surface area contributed by atoms with Crippen molar-refractivity contribution in [2.75, 3.05) is 0 Å². The predicted molar refractivity (Wildman–Crippen MR) is 66.6 cm³/mol. The molecule has 0 amide bonds. The van der Waals surface area contributed by atoms with Crippen molar-refractivity contribution in [2.45, 2.75) is 6.92 Å². The van der Waals surface area contributed by atoms with E-state index in [1.54, 1.807) is 24.3 Å². The van der Waals surface area contributed by atoms with Gasteiger partial charge in [-0.2, -0.15) is 0 Å². The predicted octanol–water partition coefficient (Wildman–Crippen LogP) is 2.82. The molecule has 2 nitrogen and oxygen atoms in total. The highest BCUT2D eigenvalue weighted by Gasteiger charge is 1.98. The fourth-order valence-electron chi connectivity index (χ4n) is 1.35. The fourth-order valence-corrected chi connectivity index (χ4v) is 1.35. The van der Waals surface area contributed by atoms with Crippen LogP contribution in [-0.2, 0) is 0 Å². The third-order valence-electron chi connectivity index (χ3n) is 2.35. The maximum absolute atomic E-state index is 12.7. The SMILES string of the molecule is CC(=O)c1ccc(C#Cc2ccc(F)cc2)nc1. The van der Waals surface area contributed by atoms with Crippen LogP contribution in [0.25, 0.3) is 0 Å². The highest BCUT2D eigenvalue weighted by atomic mass is 19.1. The lowest BCUT2D eigenvalue weighted by molar-refractivity contribution is 0.101. The summed E-state index contributed by atoms with van der Waals surface area (Å²) < 4.78 is 12.7. The van der Waals surface area contributed by atoms with E-state index in [2.05, 4.69) is 16.8 Å². The van der Waals surface area contributed by atoms with Crippen LogP contribution in [0.5, 0.6) is 0 Å². The maximum Gasteiger partial charge on any atom is 0.161 e. The summed E-state index contributed by atoms with van der Waals surface area (Å²) in [7, 11) is 0. The lowest BCUT2D eigenvalue weighted by Crippen LogP contribution is -1.93. The Labute approximate surface area is 104 Å². The van der Waals surface area contributed by atoms with Crippen LogP contribution in [0.2, 0.25) is 0 Å². The van der Waals surface area contributed by atoms with Crippen molar-refractivity contribution >= 4 is 5.78 Å². The summed E-state index contributed by atoms with van der Waals surface area (Å²) in [5.41, 5.74) is 1.85. The van der Waals surface area contributed by atoms with Crippen LogP contribution >= 0.6 is 0 Å². The Bertz CT molecular complexity index is 618. The summed E-state index contributed by atoms with van der Waals surface area (Å²) in [5.74, 6) is 5.41. The van der Waals surface area contributed by atoms with E-state index in [-0.39, 0.29) is 11.6 Å². The van der Waals surface area contributed by atoms with Crippen LogP contribution in [0.1, 0.15) is 28.5 Å². The molecule has 0 unspecified atom stereocenters. The van der Waals surface area contributed by atoms with E-state index in [1.807, 2.05) is 0 Å². The Kier molecular flexibility index (Phi) is 3.49. The van der Waals surface area contributed by atoms with E-state index >= 15 is 0 Å². The molecule has 0 N–H and O–H groups in total. The molecule has 1 heterocycles. The van der Waals surface area contributed by atoms with Gasteiger partial charge >= 0.3 is 0 Å². The first-order valence-electron chi connectivity index (χ1n) is 5.40. The van der Waals surface area contributed by atoms with Gasteiger partial charge in [0.25, 0.3) is 0 Å². The number of rotatable bonds is 1. The standard InChI is InChI=1S/C15H10FNO/c1-11(18)13-5-9-15(17-10-13)8-4-12-2-6-14(16)7-3-12/h2-3,5-7,9-10H,1H3. The molecule has 0 radical (unpaired) electrons. The van der Waals surface area contributed by atoms with E-state index in [0.717, 1.165) is 0 Å². The lowest BCUT2D eigenvalue weighted by Gasteiger charge is -1.94. The van der Waals surface area contributed by atoms with Crippen LogP contribution in [0.3, 0.4) is 0 Å². The number of carbonyl (C=O) groups excluding carboxylic acids is 1. The zero-order valence-electron chi connectivity index (χ0n) is 9.77. The zero-order valence-corrected chi connectivity index (χ0v) is 9.77. The number of pyridine rings is 1. The maximum atomic E-state index is 12.7. The summed E-state index contributed by atoms with van der Waals surface area (Å²) >= 11 is 0. The number of benzene rings is 1. The first kappa shape index (κ1) is 12.0. The fraction of sp³-hybridized carbons (Fsp3) is 0.0667. The summed E-state index contributed by atoms with van der Waals surface area (Å²) in [5, 5.41) is 0. The van der Waals surface area contributed by atoms with Gasteiger partial charge < -0.3 is 0 Å². The van der Waals surface area contributed by atoms with E-state index in [4.69, 9.17) is 0 Å². The molecule has 0 aliphatic carbocycles. The molecule has 3 heteroatoms. The molecule has 0 aliphatic heterocycles. The summed E-state index contributed by atoms with van der Waals surface area (Å²) in [6, 6.07) is 9.29. The first-order valence-corrected chi connectivity index (χ1v) is 5.40. The zero-order chi connectivity index (χ0) is 13.0. The summed E-state index contributed by atoms with van der Waals surface area (Å²) in [6.07, 6.45) is 1.50. The minimum absolute atomic E-state index is 0.0273. The van der Waals surface area contributed by atoms with E-state index in [9.17, 15) is 9.18 Å². The first-order chi connectivity index (χ1) is 8.65. The smallest absolute Gasteiger partial charge is 0.161 e. The largest absolute Gasteiger partial charge is 0.294 e. The number of hydrogen-bond acceptors (Lipinski definition) is 2. The van der Waals surface area contributed by atoms with Gasteiger partial charge in [0.05, 0.1) is 0 Å². The van der Waals surface area contributed by atoms with Gasteiger partial charge in [0.1, 0.15) is 11.5 Å². The molecule has 0 bridgehead atoms. The van der Waals surface area contributed by atoms with Gasteiger partial charge in [-0.1, -0.05) is 5.92 Å². The van der Waals surface area contributed by atoms with E-state index in [1.165, 1.54) is 25.3 Å². The van der Waals surface area contributed by atoms with Crippen molar-refractivity contribution in [3.8, 4) is 11.8 Å². The number of hydrogen-bond donors (Lipinski definition) is 0. The van der Waals surface area contributed by atoms with Gasteiger partial charge in [0.15, 0.2) is 5.78 Å². The van der Waals surface area contributed by atoms with Gasteiger partial charge in [-0.05, 0) is 49.2 Å². The molecule has 2 aromatic rings. The number of halogens is 1. The van der Waals surface area contributed by atoms with Crippen molar-refractivity contribution in [1.82, 2.24) is 4.98 Å². The minimum Gasteiger partial charge on any atom is -0.294 e. The molecule has 0 fully saturated rings. The Balaban J connectivity index is 2.19. The molecule has 0 spiro atoms. The molecule has 2 rings (SSSR count). The lowest BCUT2D eigenvalue weighted by atomic mass is 10.2. The van der Waals surface area contributed by atoms with Crippen molar-refractivity contribution in [3.05, 3.63) is 65.2 Å². The second-order valence-corrected chi connectivity index (χ2v) is 3.75. The molecule has 1 aromatic carbocycles. The van der Waals surface area contributed by atoms with Gasteiger partial charge in [0, 0.05) is 17.3 Å². The van der Waals surface area contributed by atoms with Crippen LogP contribution < -0.4 is 0 Å². The summed E-state index contributed by atoms with van der Waals surface area (Å²) in [6.45, 7) is 1.49. The molecule has 18 heavy (non-hydrogen) atoms. The minimum atomic E-state index is -0.288. The third kappa shape index (κ3) is 3.02. The number of ketones is 1. The second kappa shape index (κ2) is 5.24. The monoisotopic (exact) mass is 239 g/mol. The highest BCUT2D eigenvalue weighted by Crippen LogP contribution is 2.03. The van der Waals surface area contributed by atoms with Crippen molar-refractivity contribution in [3.63, 3.8) is 0 Å². The average Bonchev–Trinajstić information content (AvgIpc) is 2.38. The number of nitrogens with zero attached hydrogens (tertiary/aromatic N) is 1. The Morgan fingerprint density at radius 3 is 2.39 bits per heavy atom. The molecule has 0 atom stereocenters. The Morgan fingerprint density at radius 1 is 1.11 bits per heavy atom. The highest BCUT2D eigenvalue weighted by molar-refractivity contribution is 5.93. The van der Waals surface area contributed by atoms with Crippen molar-refractivity contribution in [1.29, 1.82) is 0 Å². The topological polar surface area (TPSA) is 30.0 Å². The van der Waals surface area contributed by atoms with Gasteiger partial charge in [-0.25, -0.2) is 9.37 Å². The number of Topliss-reactive ketones (excluding diaryl/α,β-unsaturated/α-hetero) is 1. The normalized spacial score (nSPS) is 9.44. The molecular formula is C15H10FNO. The van der Waals surface area contributed by atoms with E-state index in [0.29, 0.717) is 16.8 Å².